The lowest BCUT2D eigenvalue weighted by Crippen LogP contribution is -2.47. The molecule has 0 bridgehead atoms. The van der Waals surface area contributed by atoms with E-state index >= 15 is 0 Å². The Bertz CT molecular complexity index is 3680. The van der Waals surface area contributed by atoms with Gasteiger partial charge < -0.3 is 0 Å². The van der Waals surface area contributed by atoms with Crippen molar-refractivity contribution < 1.29 is 0 Å². The van der Waals surface area contributed by atoms with Crippen LogP contribution in [0.4, 0.5) is 0 Å². The quantitative estimate of drug-likeness (QED) is 0.162. The molecule has 3 nitrogen and oxygen atoms in total. The van der Waals surface area contributed by atoms with Gasteiger partial charge in [-0.2, -0.15) is 0 Å². The number of aromatic nitrogens is 3. The molecule has 64 heavy (non-hydrogen) atoms. The van der Waals surface area contributed by atoms with E-state index in [9.17, 15) is 0 Å². The molecule has 0 spiro atoms. The minimum absolute atomic E-state index is 0.677. The predicted molar refractivity (Wildman–Crippen MR) is 327 cm³/mol. The Kier molecular flexibility index (Phi) is 10.6. The van der Waals surface area contributed by atoms with Crippen LogP contribution in [-0.4, -0.2) is 125 Å². The van der Waals surface area contributed by atoms with Gasteiger partial charge in [-0.1, -0.05) is 127 Å². The molecule has 0 saturated carbocycles. The van der Waals surface area contributed by atoms with E-state index in [1.54, 1.807) is 0 Å². The van der Waals surface area contributed by atoms with Crippen LogP contribution in [0.5, 0.6) is 0 Å². The lowest BCUT2D eigenvalue weighted by molar-refractivity contribution is 1.08. The topological polar surface area (TPSA) is 38.7 Å². The van der Waals surface area contributed by atoms with Gasteiger partial charge in [-0.3, -0.25) is 0 Å². The summed E-state index contributed by atoms with van der Waals surface area (Å²) in [5.41, 5.74) is 26.2. The van der Waals surface area contributed by atoms with Crippen molar-refractivity contribution in [2.75, 3.05) is 0 Å². The molecule has 0 fully saturated rings. The highest BCUT2D eigenvalue weighted by Gasteiger charge is 2.27. The third-order valence-electron chi connectivity index (χ3n) is 15.3. The van der Waals surface area contributed by atoms with E-state index in [0.29, 0.717) is 5.82 Å². The van der Waals surface area contributed by atoms with Crippen molar-refractivity contribution in [2.24, 2.45) is 0 Å². The fraction of sp³-hybridized carbons (Fsp3) is 0. The summed E-state index contributed by atoms with van der Waals surface area (Å²) in [5, 5.41) is 5.29. The maximum absolute atomic E-state index is 5.71. The van der Waals surface area contributed by atoms with E-state index < -0.39 is 0 Å². The van der Waals surface area contributed by atoms with Crippen LogP contribution in [0.2, 0.25) is 0 Å². The molecule has 10 rings (SSSR count). The van der Waals surface area contributed by atoms with Crippen LogP contribution in [-0.2, 0) is 0 Å². The lowest BCUT2D eigenvalue weighted by atomic mass is 9.64. The molecule has 10 aromatic rings. The maximum atomic E-state index is 5.71. The second-order valence-electron chi connectivity index (χ2n) is 18.3. The van der Waals surface area contributed by atoms with Crippen LogP contribution in [0.25, 0.3) is 96.8 Å². The lowest BCUT2D eigenvalue weighted by Gasteiger charge is -2.20. The van der Waals surface area contributed by atoms with Gasteiger partial charge >= 0.3 is 0 Å². The molecule has 0 aliphatic heterocycles. The zero-order valence-corrected chi connectivity index (χ0v) is 41.3. The van der Waals surface area contributed by atoms with Gasteiger partial charge in [-0.15, -0.1) is 44.5 Å². The summed E-state index contributed by atoms with van der Waals surface area (Å²) in [6.07, 6.45) is 0. The Hall–Kier alpha value is -5.10. The molecule has 0 amide bonds. The first-order valence-electron chi connectivity index (χ1n) is 22.5. The summed E-state index contributed by atoms with van der Waals surface area (Å²) in [6, 6.07) is 28.1. The Morgan fingerprint density at radius 1 is 0.281 bits per heavy atom. The first-order chi connectivity index (χ1) is 30.6. The minimum Gasteiger partial charge on any atom is -0.208 e. The molecule has 19 heteroatoms. The number of benzene rings is 7. The molecule has 7 aromatic carbocycles. The zero-order valence-electron chi connectivity index (χ0n) is 39.7. The molecule has 3 heterocycles. The standard InChI is InChI=1S/C45H41B14N3S2/c46-25-21-22-27(48)31(52)34(55)38(59)42(22)64-41(21)35(56)29(50)24(25)45-61-43(18-12-5-4-11-17(18)16-10-6-9-15(13-16)14-7-2-1-3-8-14)60-44(62-45)23-19-20-26(47)30(51)33(54)37(58)40(20)63-39(19)36(57)32(53)28(23)49/h1-13H,46-59H2. The third-order valence-corrected chi connectivity index (χ3v) is 18.1. The van der Waals surface area contributed by atoms with Gasteiger partial charge in [-0.05, 0) is 44.5 Å². The molecule has 290 valence electrons. The number of fused-ring (bicyclic) bond motifs is 6. The molecule has 0 unspecified atom stereocenters. The van der Waals surface area contributed by atoms with Gasteiger partial charge in [-0.25, -0.2) is 15.0 Å². The van der Waals surface area contributed by atoms with Crippen LogP contribution < -0.4 is 76.5 Å². The SMILES string of the molecule is Bc1c(B)c(B)c2c(sc3c(B)c(B)c(-c4nc(-c5ccccc5-c5cccc(-c6ccccc6)c5)nc(-c5c(B)c(B)c(B)c6sc7c(B)c(B)c(B)c(B)c7c56)n4)c(B)c32)c1B. The summed E-state index contributed by atoms with van der Waals surface area (Å²) in [5.74, 6) is 2.12. The van der Waals surface area contributed by atoms with Crippen molar-refractivity contribution in [1.82, 2.24) is 15.0 Å². The highest BCUT2D eigenvalue weighted by Crippen LogP contribution is 2.38. The zero-order chi connectivity index (χ0) is 45.2. The normalized spacial score (nSPS) is 11.7. The number of hydrogen-bond acceptors (Lipinski definition) is 5. The fourth-order valence-electron chi connectivity index (χ4n) is 10.4. The van der Waals surface area contributed by atoms with Gasteiger partial charge in [0.25, 0.3) is 0 Å². The average molecular weight is 839 g/mol. The highest BCUT2D eigenvalue weighted by atomic mass is 32.1. The van der Waals surface area contributed by atoms with E-state index in [1.165, 1.54) is 128 Å². The van der Waals surface area contributed by atoms with Gasteiger partial charge in [0.2, 0.25) is 0 Å². The minimum atomic E-state index is 0.677. The summed E-state index contributed by atoms with van der Waals surface area (Å²) < 4.78 is 5.42. The van der Waals surface area contributed by atoms with Crippen LogP contribution in [0, 0.1) is 0 Å². The van der Waals surface area contributed by atoms with Crippen molar-refractivity contribution in [3.05, 3.63) is 78.9 Å². The van der Waals surface area contributed by atoms with Crippen LogP contribution in [0.15, 0.2) is 78.9 Å². The molecule has 0 aliphatic rings. The summed E-state index contributed by atoms with van der Waals surface area (Å²) in [4.78, 5) is 17.0. The van der Waals surface area contributed by atoms with Gasteiger partial charge in [0.15, 0.2) is 17.5 Å². The summed E-state index contributed by atoms with van der Waals surface area (Å²) in [6.45, 7) is 0. The van der Waals surface area contributed by atoms with E-state index in [2.05, 4.69) is 189 Å². The largest absolute Gasteiger partial charge is 0.208 e. The van der Waals surface area contributed by atoms with Crippen molar-refractivity contribution in [3.63, 3.8) is 0 Å². The van der Waals surface area contributed by atoms with Crippen LogP contribution >= 0.6 is 22.7 Å². The summed E-state index contributed by atoms with van der Waals surface area (Å²) in [7, 11) is 32.0. The van der Waals surface area contributed by atoms with Crippen molar-refractivity contribution >= 4 is 249 Å². The molecule has 3 aromatic heterocycles. The second-order valence-corrected chi connectivity index (χ2v) is 20.4. The third kappa shape index (κ3) is 6.31. The molecule has 0 atom stereocenters. The molecule has 0 radical (unpaired) electrons. The number of nitrogens with zero attached hydrogens (tertiary/aromatic N) is 3. The second kappa shape index (κ2) is 15.8. The van der Waals surface area contributed by atoms with Gasteiger partial charge in [0.05, 0.1) is 0 Å². The smallest absolute Gasteiger partial charge is 0.164 e. The van der Waals surface area contributed by atoms with Crippen LogP contribution in [0.3, 0.4) is 0 Å². The fourth-order valence-corrected chi connectivity index (χ4v) is 13.4. The van der Waals surface area contributed by atoms with Crippen molar-refractivity contribution in [2.45, 2.75) is 0 Å². The number of hydrogen-bond donors (Lipinski definition) is 0. The highest BCUT2D eigenvalue weighted by molar-refractivity contribution is 7.29. The number of rotatable bonds is 5. The molecule has 0 N–H and O–H groups in total. The van der Waals surface area contributed by atoms with Crippen molar-refractivity contribution in [3.8, 4) is 56.4 Å². The predicted octanol–water partition coefficient (Wildman–Crippen LogP) is -11.4. The Morgan fingerprint density at radius 2 is 0.672 bits per heavy atom. The van der Waals surface area contributed by atoms with E-state index in [4.69, 9.17) is 15.0 Å². The first kappa shape index (κ1) is 42.8. The van der Waals surface area contributed by atoms with E-state index in [-0.39, 0.29) is 0 Å². The Labute approximate surface area is 397 Å². The molecule has 0 aliphatic carbocycles. The Balaban J connectivity index is 1.34. The van der Waals surface area contributed by atoms with Crippen LogP contribution in [0.1, 0.15) is 0 Å². The Morgan fingerprint density at radius 3 is 1.27 bits per heavy atom. The maximum Gasteiger partial charge on any atom is 0.164 e. The van der Waals surface area contributed by atoms with Gasteiger partial charge in [0.1, 0.15) is 110 Å². The molecular formula is C45H41B14N3S2. The molecular weight excluding hydrogens is 798 g/mol. The van der Waals surface area contributed by atoms with Crippen molar-refractivity contribution in [1.29, 1.82) is 0 Å². The first-order valence-corrected chi connectivity index (χ1v) is 24.1. The number of thiophene rings is 2. The van der Waals surface area contributed by atoms with E-state index in [1.807, 2.05) is 22.7 Å². The van der Waals surface area contributed by atoms with E-state index in [0.717, 1.165) is 39.5 Å². The van der Waals surface area contributed by atoms with Gasteiger partial charge in [0, 0.05) is 40.9 Å². The average Bonchev–Trinajstić information content (AvgIpc) is 3.92. The monoisotopic (exact) mass is 841 g/mol. The molecule has 0 saturated heterocycles. The summed E-state index contributed by atoms with van der Waals surface area (Å²) >= 11 is 3.87.